The van der Waals surface area contributed by atoms with Gasteiger partial charge in [-0.25, -0.2) is 0 Å². The lowest BCUT2D eigenvalue weighted by Crippen LogP contribution is -2.46. The van der Waals surface area contributed by atoms with Gasteiger partial charge in [-0.15, -0.1) is 23.7 Å². The molecule has 1 aromatic heterocycles. The van der Waals surface area contributed by atoms with Crippen molar-refractivity contribution in [1.29, 1.82) is 0 Å². The summed E-state index contributed by atoms with van der Waals surface area (Å²) in [7, 11) is 0. The SMILES string of the molecule is Cc1ccc(C(=O)NC2CCN(CC3CCNCC3)CC2)s1.Cl. The van der Waals surface area contributed by atoms with Crippen LogP contribution in [0, 0.1) is 12.8 Å². The minimum Gasteiger partial charge on any atom is -0.349 e. The van der Waals surface area contributed by atoms with Gasteiger partial charge in [-0.3, -0.25) is 4.79 Å². The molecule has 3 rings (SSSR count). The normalized spacial score (nSPS) is 20.9. The Morgan fingerprint density at radius 3 is 2.57 bits per heavy atom. The van der Waals surface area contributed by atoms with Crippen LogP contribution in [-0.2, 0) is 0 Å². The first-order valence-electron chi connectivity index (χ1n) is 8.51. The number of hydrogen-bond acceptors (Lipinski definition) is 4. The average Bonchev–Trinajstić information content (AvgIpc) is 2.97. The molecule has 2 fully saturated rings. The molecule has 0 unspecified atom stereocenters. The molecule has 0 aromatic carbocycles. The van der Waals surface area contributed by atoms with Crippen LogP contribution in [0.1, 0.15) is 40.2 Å². The van der Waals surface area contributed by atoms with Gasteiger partial charge in [0.1, 0.15) is 0 Å². The predicted octanol–water partition coefficient (Wildman–Crippen LogP) is 2.67. The predicted molar refractivity (Wildman–Crippen MR) is 98.8 cm³/mol. The van der Waals surface area contributed by atoms with Crippen LogP contribution >= 0.6 is 23.7 Å². The number of nitrogens with zero attached hydrogens (tertiary/aromatic N) is 1. The van der Waals surface area contributed by atoms with Gasteiger partial charge < -0.3 is 15.5 Å². The van der Waals surface area contributed by atoms with Gasteiger partial charge in [0.15, 0.2) is 0 Å². The topological polar surface area (TPSA) is 44.4 Å². The van der Waals surface area contributed by atoms with Crippen molar-refractivity contribution in [2.24, 2.45) is 5.92 Å². The van der Waals surface area contributed by atoms with E-state index in [1.165, 1.54) is 37.4 Å². The molecular formula is C17H28ClN3OS. The first kappa shape index (κ1) is 18.7. The first-order valence-corrected chi connectivity index (χ1v) is 9.33. The summed E-state index contributed by atoms with van der Waals surface area (Å²) in [5.41, 5.74) is 0. The second kappa shape index (κ2) is 9.02. The van der Waals surface area contributed by atoms with Crippen LogP contribution in [0.3, 0.4) is 0 Å². The van der Waals surface area contributed by atoms with Crippen LogP contribution in [0.4, 0.5) is 0 Å². The summed E-state index contributed by atoms with van der Waals surface area (Å²) in [5.74, 6) is 0.969. The summed E-state index contributed by atoms with van der Waals surface area (Å²) < 4.78 is 0. The summed E-state index contributed by atoms with van der Waals surface area (Å²) in [6.07, 6.45) is 4.80. The standard InChI is InChI=1S/C17H27N3OS.ClH/c1-13-2-3-16(22-13)17(21)19-15-6-10-20(11-7-15)12-14-4-8-18-9-5-14;/h2-3,14-15,18H,4-12H2,1H3,(H,19,21);1H. The summed E-state index contributed by atoms with van der Waals surface area (Å²) in [6, 6.07) is 4.29. The molecule has 1 amide bonds. The molecule has 4 nitrogen and oxygen atoms in total. The van der Waals surface area contributed by atoms with Crippen molar-refractivity contribution in [3.8, 4) is 0 Å². The van der Waals surface area contributed by atoms with Gasteiger partial charge in [-0.05, 0) is 63.7 Å². The number of thiophene rings is 1. The molecule has 3 heterocycles. The van der Waals surface area contributed by atoms with E-state index in [-0.39, 0.29) is 18.3 Å². The third kappa shape index (κ3) is 5.45. The molecule has 0 spiro atoms. The van der Waals surface area contributed by atoms with Crippen molar-refractivity contribution in [2.75, 3.05) is 32.7 Å². The molecule has 0 aliphatic carbocycles. The molecule has 0 bridgehead atoms. The van der Waals surface area contributed by atoms with Gasteiger partial charge in [0.05, 0.1) is 4.88 Å². The fourth-order valence-corrected chi connectivity index (χ4v) is 4.27. The first-order chi connectivity index (χ1) is 10.7. The fourth-order valence-electron chi connectivity index (χ4n) is 3.50. The summed E-state index contributed by atoms with van der Waals surface area (Å²) in [4.78, 5) is 16.8. The Morgan fingerprint density at radius 1 is 1.26 bits per heavy atom. The summed E-state index contributed by atoms with van der Waals surface area (Å²) >= 11 is 1.58. The second-order valence-corrected chi connectivity index (χ2v) is 7.94. The highest BCUT2D eigenvalue weighted by Gasteiger charge is 2.24. The Hall–Kier alpha value is -0.620. The molecular weight excluding hydrogens is 330 g/mol. The third-order valence-electron chi connectivity index (χ3n) is 4.86. The number of hydrogen-bond donors (Lipinski definition) is 2. The lowest BCUT2D eigenvalue weighted by molar-refractivity contribution is 0.0906. The zero-order chi connectivity index (χ0) is 15.4. The lowest BCUT2D eigenvalue weighted by atomic mass is 9.96. The number of carbonyl (C=O) groups excluding carboxylic acids is 1. The van der Waals surface area contributed by atoms with E-state index in [0.29, 0.717) is 6.04 Å². The van der Waals surface area contributed by atoms with Crippen LogP contribution in [0.15, 0.2) is 12.1 Å². The number of piperidine rings is 2. The van der Waals surface area contributed by atoms with E-state index in [1.54, 1.807) is 11.3 Å². The van der Waals surface area contributed by atoms with Gasteiger partial charge in [-0.1, -0.05) is 0 Å². The van der Waals surface area contributed by atoms with E-state index in [4.69, 9.17) is 0 Å². The van der Waals surface area contributed by atoms with Crippen molar-refractivity contribution in [3.05, 3.63) is 21.9 Å². The van der Waals surface area contributed by atoms with Crippen molar-refractivity contribution < 1.29 is 4.79 Å². The van der Waals surface area contributed by atoms with E-state index in [0.717, 1.165) is 36.7 Å². The smallest absolute Gasteiger partial charge is 0.261 e. The zero-order valence-corrected chi connectivity index (χ0v) is 15.5. The zero-order valence-electron chi connectivity index (χ0n) is 13.8. The number of amides is 1. The molecule has 2 saturated heterocycles. The third-order valence-corrected chi connectivity index (χ3v) is 5.86. The highest BCUT2D eigenvalue weighted by molar-refractivity contribution is 7.13. The molecule has 2 aliphatic rings. The number of likely N-dealkylation sites (tertiary alicyclic amines) is 1. The van der Waals surface area contributed by atoms with Crippen LogP contribution in [0.25, 0.3) is 0 Å². The molecule has 0 saturated carbocycles. The van der Waals surface area contributed by atoms with Crippen molar-refractivity contribution in [2.45, 2.75) is 38.6 Å². The van der Waals surface area contributed by atoms with Crippen molar-refractivity contribution in [1.82, 2.24) is 15.5 Å². The van der Waals surface area contributed by atoms with Crippen LogP contribution < -0.4 is 10.6 Å². The molecule has 0 radical (unpaired) electrons. The van der Waals surface area contributed by atoms with Crippen LogP contribution in [-0.4, -0.2) is 49.6 Å². The Kier molecular flexibility index (Phi) is 7.34. The summed E-state index contributed by atoms with van der Waals surface area (Å²) in [5, 5.41) is 6.64. The van der Waals surface area contributed by atoms with Crippen LogP contribution in [0.5, 0.6) is 0 Å². The summed E-state index contributed by atoms with van der Waals surface area (Å²) in [6.45, 7) is 7.89. The van der Waals surface area contributed by atoms with Gasteiger partial charge in [0, 0.05) is 30.6 Å². The number of rotatable bonds is 4. The minimum atomic E-state index is 0. The lowest BCUT2D eigenvalue weighted by Gasteiger charge is -2.35. The molecule has 23 heavy (non-hydrogen) atoms. The largest absolute Gasteiger partial charge is 0.349 e. The van der Waals surface area contributed by atoms with Gasteiger partial charge >= 0.3 is 0 Å². The number of halogens is 1. The number of carbonyl (C=O) groups is 1. The van der Waals surface area contributed by atoms with E-state index >= 15 is 0 Å². The Morgan fingerprint density at radius 2 is 1.96 bits per heavy atom. The second-order valence-electron chi connectivity index (χ2n) is 6.65. The Labute approximate surface area is 149 Å². The highest BCUT2D eigenvalue weighted by Crippen LogP contribution is 2.19. The van der Waals surface area contributed by atoms with E-state index in [9.17, 15) is 4.79 Å². The molecule has 2 N–H and O–H groups in total. The van der Waals surface area contributed by atoms with Gasteiger partial charge in [0.2, 0.25) is 0 Å². The highest BCUT2D eigenvalue weighted by atomic mass is 35.5. The Bertz CT molecular complexity index is 494. The number of aryl methyl sites for hydroxylation is 1. The maximum absolute atomic E-state index is 12.2. The van der Waals surface area contributed by atoms with Crippen molar-refractivity contribution in [3.63, 3.8) is 0 Å². The molecule has 1 aromatic rings. The minimum absolute atomic E-state index is 0. The van der Waals surface area contributed by atoms with E-state index < -0.39 is 0 Å². The Balaban J connectivity index is 0.00000192. The molecule has 0 atom stereocenters. The van der Waals surface area contributed by atoms with Crippen LogP contribution in [0.2, 0.25) is 0 Å². The average molecular weight is 358 g/mol. The van der Waals surface area contributed by atoms with Gasteiger partial charge in [0.25, 0.3) is 5.91 Å². The molecule has 2 aliphatic heterocycles. The van der Waals surface area contributed by atoms with E-state index in [2.05, 4.69) is 15.5 Å². The maximum atomic E-state index is 12.2. The quantitative estimate of drug-likeness (QED) is 0.870. The van der Waals surface area contributed by atoms with E-state index in [1.807, 2.05) is 19.1 Å². The monoisotopic (exact) mass is 357 g/mol. The molecule has 130 valence electrons. The maximum Gasteiger partial charge on any atom is 0.261 e. The van der Waals surface area contributed by atoms with Gasteiger partial charge in [-0.2, -0.15) is 0 Å². The molecule has 6 heteroatoms. The fraction of sp³-hybridized carbons (Fsp3) is 0.706. The number of nitrogens with one attached hydrogen (secondary N) is 2. The van der Waals surface area contributed by atoms with Crippen molar-refractivity contribution >= 4 is 29.7 Å².